The molecule has 5 rings (SSSR count). The third-order valence-corrected chi connectivity index (χ3v) is 5.27. The fourth-order valence-electron chi connectivity index (χ4n) is 3.84. The molecule has 0 bridgehead atoms. The Hall–Kier alpha value is -3.35. The number of hydrogen-bond donors (Lipinski definition) is 1. The molecule has 3 aromatic heterocycles. The van der Waals surface area contributed by atoms with Crippen LogP contribution in [0.15, 0.2) is 59.5 Å². The number of piperidine rings is 1. The summed E-state index contributed by atoms with van der Waals surface area (Å²) in [6, 6.07) is 11.6. The van der Waals surface area contributed by atoms with E-state index in [1.165, 1.54) is 0 Å². The van der Waals surface area contributed by atoms with Crippen molar-refractivity contribution in [3.05, 3.63) is 72.5 Å². The highest BCUT2D eigenvalue weighted by Crippen LogP contribution is 2.28. The lowest BCUT2D eigenvalue weighted by Crippen LogP contribution is -2.39. The summed E-state index contributed by atoms with van der Waals surface area (Å²) in [4.78, 5) is 27.0. The van der Waals surface area contributed by atoms with Crippen LogP contribution in [0.4, 0.5) is 0 Å². The highest BCUT2D eigenvalue weighted by Gasteiger charge is 2.28. The second kappa shape index (κ2) is 6.99. The van der Waals surface area contributed by atoms with E-state index >= 15 is 0 Å². The van der Waals surface area contributed by atoms with Gasteiger partial charge >= 0.3 is 0 Å². The minimum Gasteiger partial charge on any atom is -0.454 e. The number of imidazole rings is 2. The Morgan fingerprint density at radius 3 is 3.04 bits per heavy atom. The maximum Gasteiger partial charge on any atom is 0.289 e. The van der Waals surface area contributed by atoms with E-state index in [1.807, 2.05) is 46.0 Å². The number of carbonyl (C=O) groups is 1. The fraction of sp³-hybridized carbons (Fsp3) is 0.286. The quantitative estimate of drug-likeness (QED) is 0.593. The number of benzene rings is 1. The number of amides is 1. The number of nitrogens with one attached hydrogen (secondary N) is 1. The maximum absolute atomic E-state index is 12.9. The SMILES string of the molecule is O=C(c1ccc(Cn2ccnc2)o1)N1CCC[C@@H](c2nc3ccccc3[nH]2)C1. The Labute approximate surface area is 162 Å². The molecule has 0 radical (unpaired) electrons. The lowest BCUT2D eigenvalue weighted by atomic mass is 9.97. The van der Waals surface area contributed by atoms with Gasteiger partial charge in [0.25, 0.3) is 5.91 Å². The van der Waals surface area contributed by atoms with E-state index in [4.69, 9.17) is 9.40 Å². The summed E-state index contributed by atoms with van der Waals surface area (Å²) in [5, 5.41) is 0. The van der Waals surface area contributed by atoms with E-state index in [-0.39, 0.29) is 11.8 Å². The summed E-state index contributed by atoms with van der Waals surface area (Å²) in [7, 11) is 0. The van der Waals surface area contributed by atoms with Crippen LogP contribution in [0, 0.1) is 0 Å². The molecule has 1 N–H and O–H groups in total. The first-order valence-corrected chi connectivity index (χ1v) is 9.54. The lowest BCUT2D eigenvalue weighted by molar-refractivity contribution is 0.0670. The number of furan rings is 1. The maximum atomic E-state index is 12.9. The summed E-state index contributed by atoms with van der Waals surface area (Å²) < 4.78 is 7.71. The number of carbonyl (C=O) groups excluding carboxylic acids is 1. The number of nitrogens with zero attached hydrogens (tertiary/aromatic N) is 4. The molecule has 1 aliphatic rings. The first kappa shape index (κ1) is 16.8. The minimum absolute atomic E-state index is 0.0577. The number of aromatic amines is 1. The molecule has 4 heterocycles. The van der Waals surface area contributed by atoms with Gasteiger partial charge in [-0.1, -0.05) is 12.1 Å². The minimum atomic E-state index is -0.0577. The normalized spacial score (nSPS) is 17.3. The van der Waals surface area contributed by atoms with E-state index in [0.29, 0.717) is 18.8 Å². The van der Waals surface area contributed by atoms with E-state index in [2.05, 4.69) is 9.97 Å². The Morgan fingerprint density at radius 1 is 1.25 bits per heavy atom. The van der Waals surface area contributed by atoms with Gasteiger partial charge in [0.15, 0.2) is 5.76 Å². The number of likely N-dealkylation sites (tertiary alicyclic amines) is 1. The van der Waals surface area contributed by atoms with Crippen LogP contribution in [-0.4, -0.2) is 43.4 Å². The van der Waals surface area contributed by atoms with E-state index in [9.17, 15) is 4.79 Å². The Balaban J connectivity index is 1.30. The Bertz CT molecular complexity index is 1060. The third-order valence-electron chi connectivity index (χ3n) is 5.27. The van der Waals surface area contributed by atoms with Gasteiger partial charge in [0.05, 0.1) is 23.9 Å². The van der Waals surface area contributed by atoms with Crippen molar-refractivity contribution in [2.75, 3.05) is 13.1 Å². The first-order chi connectivity index (χ1) is 13.8. The largest absolute Gasteiger partial charge is 0.454 e. The zero-order chi connectivity index (χ0) is 18.9. The molecule has 1 amide bonds. The van der Waals surface area contributed by atoms with Crippen molar-refractivity contribution in [2.45, 2.75) is 25.3 Å². The first-order valence-electron chi connectivity index (χ1n) is 9.54. The van der Waals surface area contributed by atoms with Gasteiger partial charge in [0.2, 0.25) is 0 Å². The van der Waals surface area contributed by atoms with Gasteiger partial charge in [-0.2, -0.15) is 0 Å². The smallest absolute Gasteiger partial charge is 0.289 e. The number of hydrogen-bond acceptors (Lipinski definition) is 4. The summed E-state index contributed by atoms with van der Waals surface area (Å²) in [5.41, 5.74) is 2.01. The molecule has 1 aliphatic heterocycles. The van der Waals surface area contributed by atoms with Gasteiger partial charge in [-0.15, -0.1) is 0 Å². The zero-order valence-electron chi connectivity index (χ0n) is 15.4. The molecule has 142 valence electrons. The molecule has 1 fully saturated rings. The summed E-state index contributed by atoms with van der Waals surface area (Å²) >= 11 is 0. The Kier molecular flexibility index (Phi) is 4.20. The molecular weight excluding hydrogens is 354 g/mol. The molecule has 1 saturated heterocycles. The van der Waals surface area contributed by atoms with Crippen molar-refractivity contribution in [1.82, 2.24) is 24.4 Å². The molecule has 0 aliphatic carbocycles. The molecule has 0 unspecified atom stereocenters. The number of aromatic nitrogens is 4. The van der Waals surface area contributed by atoms with E-state index in [0.717, 1.165) is 42.0 Å². The molecule has 28 heavy (non-hydrogen) atoms. The van der Waals surface area contributed by atoms with Crippen molar-refractivity contribution < 1.29 is 9.21 Å². The number of rotatable bonds is 4. The fourth-order valence-corrected chi connectivity index (χ4v) is 3.84. The predicted octanol–water partition coefficient (Wildman–Crippen LogP) is 3.42. The molecule has 1 atom stereocenters. The molecule has 0 spiro atoms. The highest BCUT2D eigenvalue weighted by atomic mass is 16.4. The molecular formula is C21H21N5O2. The van der Waals surface area contributed by atoms with Crippen LogP contribution in [0.5, 0.6) is 0 Å². The van der Waals surface area contributed by atoms with Gasteiger partial charge in [0.1, 0.15) is 11.6 Å². The lowest BCUT2D eigenvalue weighted by Gasteiger charge is -2.31. The second-order valence-corrected chi connectivity index (χ2v) is 7.23. The van der Waals surface area contributed by atoms with Crippen LogP contribution in [0.1, 0.15) is 40.9 Å². The molecule has 7 nitrogen and oxygen atoms in total. The summed E-state index contributed by atoms with van der Waals surface area (Å²) in [6.07, 6.45) is 7.30. The van der Waals surface area contributed by atoms with E-state index < -0.39 is 0 Å². The van der Waals surface area contributed by atoms with Crippen LogP contribution in [0.2, 0.25) is 0 Å². The Morgan fingerprint density at radius 2 is 2.18 bits per heavy atom. The summed E-state index contributed by atoms with van der Waals surface area (Å²) in [5.74, 6) is 2.25. The van der Waals surface area contributed by atoms with Crippen molar-refractivity contribution in [2.24, 2.45) is 0 Å². The van der Waals surface area contributed by atoms with Crippen LogP contribution >= 0.6 is 0 Å². The van der Waals surface area contributed by atoms with Gasteiger partial charge in [-0.3, -0.25) is 4.79 Å². The number of para-hydroxylation sites is 2. The number of H-pyrrole nitrogens is 1. The van der Waals surface area contributed by atoms with Crippen LogP contribution in [0.25, 0.3) is 11.0 Å². The van der Waals surface area contributed by atoms with Crippen molar-refractivity contribution in [3.63, 3.8) is 0 Å². The molecule has 1 aromatic carbocycles. The van der Waals surface area contributed by atoms with Crippen molar-refractivity contribution in [1.29, 1.82) is 0 Å². The van der Waals surface area contributed by atoms with Crippen molar-refractivity contribution >= 4 is 16.9 Å². The zero-order valence-corrected chi connectivity index (χ0v) is 15.4. The molecule has 4 aromatic rings. The molecule has 0 saturated carbocycles. The third kappa shape index (κ3) is 3.19. The van der Waals surface area contributed by atoms with Gasteiger partial charge in [0, 0.05) is 31.4 Å². The number of fused-ring (bicyclic) bond motifs is 1. The van der Waals surface area contributed by atoms with Crippen LogP contribution in [0.3, 0.4) is 0 Å². The average Bonchev–Trinajstić information content (AvgIpc) is 3.48. The van der Waals surface area contributed by atoms with Crippen molar-refractivity contribution in [3.8, 4) is 0 Å². The standard InChI is InChI=1S/C21H21N5O2/c27-21(19-8-7-16(28-19)13-25-11-9-22-14-25)26-10-3-4-15(12-26)20-23-17-5-1-2-6-18(17)24-20/h1-2,5-9,11,14-15H,3-4,10,12-13H2,(H,23,24)/t15-/m1/s1. The second-order valence-electron chi connectivity index (χ2n) is 7.23. The predicted molar refractivity (Wildman–Crippen MR) is 104 cm³/mol. The van der Waals surface area contributed by atoms with Crippen LogP contribution < -0.4 is 0 Å². The van der Waals surface area contributed by atoms with Gasteiger partial charge in [-0.25, -0.2) is 9.97 Å². The van der Waals surface area contributed by atoms with E-state index in [1.54, 1.807) is 18.6 Å². The molecule has 7 heteroatoms. The highest BCUT2D eigenvalue weighted by molar-refractivity contribution is 5.91. The average molecular weight is 375 g/mol. The van der Waals surface area contributed by atoms with Crippen LogP contribution in [-0.2, 0) is 6.54 Å². The summed E-state index contributed by atoms with van der Waals surface area (Å²) in [6.45, 7) is 1.96. The van der Waals surface area contributed by atoms with Gasteiger partial charge < -0.3 is 18.9 Å². The monoisotopic (exact) mass is 375 g/mol. The van der Waals surface area contributed by atoms with Gasteiger partial charge in [-0.05, 0) is 37.1 Å². The topological polar surface area (TPSA) is 79.9 Å².